The van der Waals surface area contributed by atoms with Crippen molar-refractivity contribution >= 4 is 18.0 Å². The number of hydrogen-bond acceptors (Lipinski definition) is 6. The Morgan fingerprint density at radius 1 is 1.12 bits per heavy atom. The van der Waals surface area contributed by atoms with Gasteiger partial charge in [0.25, 0.3) is 5.91 Å². The second-order valence-corrected chi connectivity index (χ2v) is 8.01. The molecule has 1 N–H and O–H groups in total. The van der Waals surface area contributed by atoms with E-state index in [-0.39, 0.29) is 12.5 Å². The van der Waals surface area contributed by atoms with Crippen LogP contribution in [0.2, 0.25) is 0 Å². The Morgan fingerprint density at radius 3 is 2.74 bits per heavy atom. The number of carbonyl (C=O) groups is 2. The largest absolute Gasteiger partial charge is 0.486 e. The van der Waals surface area contributed by atoms with E-state index in [9.17, 15) is 9.59 Å². The number of esters is 1. The van der Waals surface area contributed by atoms with Gasteiger partial charge in [0, 0.05) is 24.0 Å². The zero-order valence-corrected chi connectivity index (χ0v) is 19.3. The summed E-state index contributed by atoms with van der Waals surface area (Å²) in [6.07, 6.45) is 5.31. The Balaban J connectivity index is 1.20. The quantitative estimate of drug-likeness (QED) is 0.385. The molecular weight excluding hydrogens is 436 g/mol. The molecule has 3 aromatic rings. The predicted molar refractivity (Wildman–Crippen MR) is 126 cm³/mol. The molecule has 0 saturated carbocycles. The molecule has 3 heterocycles. The summed E-state index contributed by atoms with van der Waals surface area (Å²) in [5.41, 5.74) is 3.99. The lowest BCUT2D eigenvalue weighted by atomic mass is 10.1. The molecule has 0 aliphatic carbocycles. The van der Waals surface area contributed by atoms with Crippen LogP contribution in [0.15, 0.2) is 53.2 Å². The van der Waals surface area contributed by atoms with Gasteiger partial charge in [-0.25, -0.2) is 4.79 Å². The maximum Gasteiger partial charge on any atom is 0.331 e. The third-order valence-electron chi connectivity index (χ3n) is 5.59. The first-order valence-corrected chi connectivity index (χ1v) is 11.2. The highest BCUT2D eigenvalue weighted by Gasteiger charge is 2.12. The van der Waals surface area contributed by atoms with Crippen LogP contribution in [-0.4, -0.2) is 42.8 Å². The van der Waals surface area contributed by atoms with Crippen molar-refractivity contribution in [1.82, 2.24) is 9.88 Å². The number of fused-ring (bicyclic) bond motifs is 1. The number of aryl methyl sites for hydroxylation is 1. The van der Waals surface area contributed by atoms with Crippen molar-refractivity contribution < 1.29 is 28.2 Å². The van der Waals surface area contributed by atoms with E-state index in [1.54, 1.807) is 12.3 Å². The lowest BCUT2D eigenvalue weighted by Crippen LogP contribution is -2.30. The monoisotopic (exact) mass is 464 g/mol. The maximum atomic E-state index is 12.1. The highest BCUT2D eigenvalue weighted by atomic mass is 16.6. The topological polar surface area (TPSA) is 91.9 Å². The number of furan rings is 1. The van der Waals surface area contributed by atoms with Gasteiger partial charge in [0.2, 0.25) is 0 Å². The molecule has 1 aliphatic heterocycles. The van der Waals surface area contributed by atoms with Crippen molar-refractivity contribution in [3.05, 3.63) is 77.0 Å². The molecular formula is C26H28N2O6. The smallest absolute Gasteiger partial charge is 0.331 e. The molecule has 4 rings (SSSR count). The summed E-state index contributed by atoms with van der Waals surface area (Å²) in [6.45, 7) is 5.78. The van der Waals surface area contributed by atoms with Gasteiger partial charge in [-0.1, -0.05) is 6.07 Å². The third-order valence-corrected chi connectivity index (χ3v) is 5.59. The minimum absolute atomic E-state index is 0.332. The van der Waals surface area contributed by atoms with E-state index < -0.39 is 5.97 Å². The van der Waals surface area contributed by atoms with Crippen LogP contribution in [0.25, 0.3) is 6.08 Å². The average molecular weight is 465 g/mol. The number of amides is 1. The minimum atomic E-state index is -0.571. The standard InChI is InChI=1S/C26H28N2O6/c1-18-14-21(19(2)28(18)16-22-4-3-11-31-22)6-8-26(30)34-17-25(29)27-10-9-20-5-7-23-24(15-20)33-13-12-32-23/h3-8,11,14-15H,9-10,12-13,16-17H2,1-2H3,(H,27,29)/b8-6+. The van der Waals surface area contributed by atoms with Gasteiger partial charge in [0.1, 0.15) is 19.0 Å². The number of hydrogen-bond donors (Lipinski definition) is 1. The second-order valence-electron chi connectivity index (χ2n) is 8.01. The maximum absolute atomic E-state index is 12.1. The van der Waals surface area contributed by atoms with Crippen LogP contribution in [0.4, 0.5) is 0 Å². The predicted octanol–water partition coefficient (Wildman–Crippen LogP) is 3.43. The number of nitrogens with one attached hydrogen (secondary N) is 1. The fourth-order valence-corrected chi connectivity index (χ4v) is 3.78. The van der Waals surface area contributed by atoms with Crippen LogP contribution < -0.4 is 14.8 Å². The van der Waals surface area contributed by atoms with E-state index in [2.05, 4.69) is 9.88 Å². The van der Waals surface area contributed by atoms with E-state index in [0.717, 1.165) is 39.8 Å². The molecule has 0 bridgehead atoms. The second kappa shape index (κ2) is 10.8. The highest BCUT2D eigenvalue weighted by Crippen LogP contribution is 2.30. The highest BCUT2D eigenvalue weighted by molar-refractivity contribution is 5.89. The molecule has 0 radical (unpaired) electrons. The lowest BCUT2D eigenvalue weighted by molar-refractivity contribution is -0.143. The molecule has 178 valence electrons. The molecule has 0 fully saturated rings. The Labute approximate surface area is 198 Å². The van der Waals surface area contributed by atoms with Gasteiger partial charge in [0.15, 0.2) is 18.1 Å². The fraction of sp³-hybridized carbons (Fsp3) is 0.308. The summed E-state index contributed by atoms with van der Waals surface area (Å²) < 4.78 is 23.7. The molecule has 8 heteroatoms. The van der Waals surface area contributed by atoms with Gasteiger partial charge in [0.05, 0.1) is 12.8 Å². The summed E-state index contributed by atoms with van der Waals surface area (Å²) in [6, 6.07) is 11.5. The van der Waals surface area contributed by atoms with E-state index >= 15 is 0 Å². The minimum Gasteiger partial charge on any atom is -0.486 e. The first kappa shape index (κ1) is 23.2. The zero-order chi connectivity index (χ0) is 23.9. The number of rotatable bonds is 9. The number of aromatic nitrogens is 1. The van der Waals surface area contributed by atoms with Gasteiger partial charge in [-0.05, 0) is 67.8 Å². The van der Waals surface area contributed by atoms with Crippen molar-refractivity contribution in [2.45, 2.75) is 26.8 Å². The van der Waals surface area contributed by atoms with Gasteiger partial charge in [-0.15, -0.1) is 0 Å². The van der Waals surface area contributed by atoms with Gasteiger partial charge < -0.3 is 28.5 Å². The number of carbonyl (C=O) groups excluding carboxylic acids is 2. The Kier molecular flexibility index (Phi) is 7.37. The van der Waals surface area contributed by atoms with Crippen molar-refractivity contribution in [2.24, 2.45) is 0 Å². The third kappa shape index (κ3) is 5.89. The van der Waals surface area contributed by atoms with Crippen LogP contribution in [0.1, 0.15) is 28.3 Å². The van der Waals surface area contributed by atoms with Crippen molar-refractivity contribution in [3.8, 4) is 11.5 Å². The van der Waals surface area contributed by atoms with Gasteiger partial charge in [-0.3, -0.25) is 4.79 Å². The van der Waals surface area contributed by atoms with Crippen LogP contribution in [0.3, 0.4) is 0 Å². The Bertz CT molecular complexity index is 1180. The number of ether oxygens (including phenoxy) is 3. The van der Waals surface area contributed by atoms with Crippen LogP contribution in [-0.2, 0) is 27.3 Å². The molecule has 1 aliphatic rings. The summed E-state index contributed by atoms with van der Waals surface area (Å²) in [7, 11) is 0. The average Bonchev–Trinajstić information content (AvgIpc) is 3.45. The summed E-state index contributed by atoms with van der Waals surface area (Å²) >= 11 is 0. The van der Waals surface area contributed by atoms with Gasteiger partial charge in [-0.2, -0.15) is 0 Å². The molecule has 1 amide bonds. The van der Waals surface area contributed by atoms with Crippen LogP contribution in [0.5, 0.6) is 11.5 Å². The summed E-state index contributed by atoms with van der Waals surface area (Å²) in [5, 5.41) is 2.76. The van der Waals surface area contributed by atoms with Gasteiger partial charge >= 0.3 is 5.97 Å². The van der Waals surface area contributed by atoms with Crippen LogP contribution in [0, 0.1) is 13.8 Å². The molecule has 2 aromatic heterocycles. The molecule has 0 spiro atoms. The van der Waals surface area contributed by atoms with E-state index in [1.165, 1.54) is 6.08 Å². The molecule has 1 aromatic carbocycles. The molecule has 0 saturated heterocycles. The van der Waals surface area contributed by atoms with E-state index in [0.29, 0.717) is 32.7 Å². The lowest BCUT2D eigenvalue weighted by Gasteiger charge is -2.18. The van der Waals surface area contributed by atoms with E-state index in [4.69, 9.17) is 18.6 Å². The summed E-state index contributed by atoms with van der Waals surface area (Å²) in [5.74, 6) is 1.39. The van der Waals surface area contributed by atoms with Crippen LogP contribution >= 0.6 is 0 Å². The molecule has 8 nitrogen and oxygen atoms in total. The number of benzene rings is 1. The van der Waals surface area contributed by atoms with E-state index in [1.807, 2.05) is 50.2 Å². The van der Waals surface area contributed by atoms with Crippen molar-refractivity contribution in [1.29, 1.82) is 0 Å². The zero-order valence-electron chi connectivity index (χ0n) is 19.3. The molecule has 0 unspecified atom stereocenters. The fourth-order valence-electron chi connectivity index (χ4n) is 3.78. The first-order chi connectivity index (χ1) is 16.5. The molecule has 0 atom stereocenters. The Morgan fingerprint density at radius 2 is 1.94 bits per heavy atom. The number of nitrogens with zero attached hydrogens (tertiary/aromatic N) is 1. The van der Waals surface area contributed by atoms with Crippen molar-refractivity contribution in [3.63, 3.8) is 0 Å². The normalized spacial score (nSPS) is 12.6. The SMILES string of the molecule is Cc1cc(/C=C/C(=O)OCC(=O)NCCc2ccc3c(c2)OCCO3)c(C)n1Cc1ccco1. The first-order valence-electron chi connectivity index (χ1n) is 11.2. The van der Waals surface area contributed by atoms with Crippen molar-refractivity contribution in [2.75, 3.05) is 26.4 Å². The molecule has 34 heavy (non-hydrogen) atoms. The summed E-state index contributed by atoms with van der Waals surface area (Å²) in [4.78, 5) is 24.1. The Hall–Kier alpha value is -3.94.